The van der Waals surface area contributed by atoms with E-state index in [0.29, 0.717) is 23.9 Å². The van der Waals surface area contributed by atoms with E-state index < -0.39 is 0 Å². The maximum absolute atomic E-state index is 12.8. The fourth-order valence-electron chi connectivity index (χ4n) is 3.89. The van der Waals surface area contributed by atoms with E-state index in [1.807, 2.05) is 19.9 Å². The minimum absolute atomic E-state index is 0.0187. The first kappa shape index (κ1) is 19.6. The first-order valence-electron chi connectivity index (χ1n) is 10.1. The zero-order valence-corrected chi connectivity index (χ0v) is 17.0. The van der Waals surface area contributed by atoms with Gasteiger partial charge in [0.25, 0.3) is 0 Å². The van der Waals surface area contributed by atoms with Gasteiger partial charge in [0, 0.05) is 36.1 Å². The first-order chi connectivity index (χ1) is 13.9. The number of rotatable bonds is 5. The molecule has 2 aliphatic rings. The molecule has 152 valence electrons. The van der Waals surface area contributed by atoms with Gasteiger partial charge in [0.15, 0.2) is 0 Å². The minimum atomic E-state index is -0.0787. The normalized spacial score (nSPS) is 24.3. The summed E-state index contributed by atoms with van der Waals surface area (Å²) < 4.78 is 5.56. The summed E-state index contributed by atoms with van der Waals surface area (Å²) in [6.45, 7) is 7.76. The number of fused-ring (bicyclic) bond motifs is 1. The van der Waals surface area contributed by atoms with E-state index >= 15 is 0 Å². The van der Waals surface area contributed by atoms with Gasteiger partial charge in [-0.15, -0.1) is 0 Å². The molecule has 2 N–H and O–H groups in total. The lowest BCUT2D eigenvalue weighted by atomic mass is 9.97. The van der Waals surface area contributed by atoms with Crippen molar-refractivity contribution in [2.75, 3.05) is 23.7 Å². The van der Waals surface area contributed by atoms with E-state index in [0.717, 1.165) is 30.2 Å². The highest BCUT2D eigenvalue weighted by molar-refractivity contribution is 5.97. The molecule has 0 bridgehead atoms. The number of amides is 1. The number of nitrogens with one attached hydrogen (secondary N) is 2. The molecule has 4 rings (SSSR count). The van der Waals surface area contributed by atoms with Gasteiger partial charge in [-0.2, -0.15) is 5.26 Å². The van der Waals surface area contributed by atoms with E-state index in [1.165, 1.54) is 0 Å². The monoisotopic (exact) mass is 394 g/mol. The van der Waals surface area contributed by atoms with Gasteiger partial charge in [-0.3, -0.25) is 9.69 Å². The topological polar surface area (TPSA) is 106 Å². The van der Waals surface area contributed by atoms with Crippen LogP contribution in [0.1, 0.15) is 39.3 Å². The van der Waals surface area contributed by atoms with Crippen LogP contribution in [0.5, 0.6) is 0 Å². The Hall–Kier alpha value is -2.76. The van der Waals surface area contributed by atoms with Crippen LogP contribution >= 0.6 is 0 Å². The van der Waals surface area contributed by atoms with Gasteiger partial charge >= 0.3 is 0 Å². The Balaban J connectivity index is 1.53. The second kappa shape index (κ2) is 7.93. The maximum Gasteiger partial charge on any atom is 0.229 e. The molecule has 8 heteroatoms. The molecule has 3 atom stereocenters. The van der Waals surface area contributed by atoms with Crippen LogP contribution in [0.2, 0.25) is 0 Å². The van der Waals surface area contributed by atoms with Crippen molar-refractivity contribution in [3.63, 3.8) is 0 Å². The Morgan fingerprint density at radius 2 is 2.21 bits per heavy atom. The summed E-state index contributed by atoms with van der Waals surface area (Å²) in [4.78, 5) is 23.9. The van der Waals surface area contributed by atoms with Crippen molar-refractivity contribution in [1.82, 2.24) is 14.9 Å². The van der Waals surface area contributed by atoms with Crippen LogP contribution in [-0.2, 0) is 9.53 Å². The zero-order chi connectivity index (χ0) is 20.5. The third-order valence-corrected chi connectivity index (χ3v) is 5.37. The number of piperidine rings is 1. The molecule has 2 aliphatic heterocycles. The Bertz CT molecular complexity index is 970. The Morgan fingerprint density at radius 3 is 2.90 bits per heavy atom. The van der Waals surface area contributed by atoms with Gasteiger partial charge < -0.3 is 15.4 Å². The zero-order valence-electron chi connectivity index (χ0n) is 17.0. The standard InChI is InChI=1S/C21H26N6O2/c1-12(2)24-19-17-8-18(23-10-15(17)7-16(9-22)25-19)26-20(28)14-5-4-6-27(11-14)21-13(3)29-21/h7-8,10,12-14,21H,4-6,11H2,1-3H3,(H,24,25)(H,23,26,28). The average molecular weight is 394 g/mol. The van der Waals surface area contributed by atoms with Crippen LogP contribution < -0.4 is 10.6 Å². The smallest absolute Gasteiger partial charge is 0.229 e. The fraction of sp³-hybridized carbons (Fsp3) is 0.524. The fourth-order valence-corrected chi connectivity index (χ4v) is 3.89. The summed E-state index contributed by atoms with van der Waals surface area (Å²) in [6, 6.07) is 5.76. The molecule has 4 heterocycles. The number of carbonyl (C=O) groups is 1. The molecule has 3 unspecified atom stereocenters. The SMILES string of the molecule is CC(C)Nc1nc(C#N)cc2cnc(NC(=O)C3CCCN(C4OC4C)C3)cc12. The number of pyridine rings is 2. The molecule has 8 nitrogen and oxygen atoms in total. The summed E-state index contributed by atoms with van der Waals surface area (Å²) in [7, 11) is 0. The van der Waals surface area contributed by atoms with Gasteiger partial charge in [0.1, 0.15) is 29.6 Å². The lowest BCUT2D eigenvalue weighted by Crippen LogP contribution is -2.42. The molecule has 29 heavy (non-hydrogen) atoms. The number of nitriles is 1. The number of anilines is 2. The number of aromatic nitrogens is 2. The van der Waals surface area contributed by atoms with E-state index in [1.54, 1.807) is 12.3 Å². The number of nitrogens with zero attached hydrogens (tertiary/aromatic N) is 4. The molecule has 0 radical (unpaired) electrons. The van der Waals surface area contributed by atoms with Crippen molar-refractivity contribution in [2.24, 2.45) is 5.92 Å². The Morgan fingerprint density at radius 1 is 1.41 bits per heavy atom. The van der Waals surface area contributed by atoms with Gasteiger partial charge in [-0.25, -0.2) is 9.97 Å². The second-order valence-electron chi connectivity index (χ2n) is 8.11. The van der Waals surface area contributed by atoms with Crippen LogP contribution in [0.15, 0.2) is 18.3 Å². The molecule has 2 aromatic rings. The van der Waals surface area contributed by atoms with Gasteiger partial charge in [-0.1, -0.05) is 0 Å². The van der Waals surface area contributed by atoms with Crippen molar-refractivity contribution in [2.45, 2.75) is 52.0 Å². The van der Waals surface area contributed by atoms with Gasteiger partial charge in [0.05, 0.1) is 12.0 Å². The summed E-state index contributed by atoms with van der Waals surface area (Å²) in [5.74, 6) is 1.02. The number of ether oxygens (including phenoxy) is 1. The van der Waals surface area contributed by atoms with Crippen molar-refractivity contribution < 1.29 is 9.53 Å². The summed E-state index contributed by atoms with van der Waals surface area (Å²) in [5, 5.41) is 17.1. The lowest BCUT2D eigenvalue weighted by molar-refractivity contribution is -0.121. The number of epoxide rings is 1. The molecule has 0 aromatic carbocycles. The minimum Gasteiger partial charge on any atom is -0.367 e. The highest BCUT2D eigenvalue weighted by Crippen LogP contribution is 2.30. The molecule has 1 amide bonds. The van der Waals surface area contributed by atoms with Crippen LogP contribution in [0.4, 0.5) is 11.6 Å². The predicted octanol–water partition coefficient (Wildman–Crippen LogP) is 2.72. The van der Waals surface area contributed by atoms with Crippen molar-refractivity contribution in [3.8, 4) is 6.07 Å². The van der Waals surface area contributed by atoms with Crippen LogP contribution in [0.25, 0.3) is 10.8 Å². The molecule has 2 saturated heterocycles. The van der Waals surface area contributed by atoms with Crippen LogP contribution in [0, 0.1) is 17.2 Å². The Kier molecular flexibility index (Phi) is 5.35. The highest BCUT2D eigenvalue weighted by atomic mass is 16.6. The van der Waals surface area contributed by atoms with Crippen molar-refractivity contribution in [3.05, 3.63) is 24.0 Å². The summed E-state index contributed by atoms with van der Waals surface area (Å²) in [6.07, 6.45) is 3.95. The summed E-state index contributed by atoms with van der Waals surface area (Å²) in [5.41, 5.74) is 0.332. The molecular formula is C21H26N6O2. The molecule has 0 aliphatic carbocycles. The highest BCUT2D eigenvalue weighted by Gasteiger charge is 2.42. The van der Waals surface area contributed by atoms with Crippen LogP contribution in [0.3, 0.4) is 0 Å². The van der Waals surface area contributed by atoms with Crippen molar-refractivity contribution in [1.29, 1.82) is 5.26 Å². The molecular weight excluding hydrogens is 368 g/mol. The first-order valence-corrected chi connectivity index (χ1v) is 10.1. The second-order valence-corrected chi connectivity index (χ2v) is 8.11. The number of hydrogen-bond acceptors (Lipinski definition) is 7. The van der Waals surface area contributed by atoms with Crippen molar-refractivity contribution >= 4 is 28.3 Å². The number of likely N-dealkylation sites (tertiary alicyclic amines) is 1. The van der Waals surface area contributed by atoms with E-state index in [-0.39, 0.29) is 30.2 Å². The van der Waals surface area contributed by atoms with E-state index in [9.17, 15) is 10.1 Å². The third kappa shape index (κ3) is 4.31. The molecule has 2 fully saturated rings. The van der Waals surface area contributed by atoms with E-state index in [2.05, 4.69) is 38.5 Å². The maximum atomic E-state index is 12.8. The van der Waals surface area contributed by atoms with Gasteiger partial charge in [-0.05, 0) is 45.7 Å². The third-order valence-electron chi connectivity index (χ3n) is 5.37. The number of hydrogen-bond donors (Lipinski definition) is 2. The quantitative estimate of drug-likeness (QED) is 0.751. The summed E-state index contributed by atoms with van der Waals surface area (Å²) >= 11 is 0. The number of carbonyl (C=O) groups excluding carboxylic acids is 1. The average Bonchev–Trinajstić information content (AvgIpc) is 3.44. The molecule has 2 aromatic heterocycles. The predicted molar refractivity (Wildman–Crippen MR) is 110 cm³/mol. The Labute approximate surface area is 170 Å². The van der Waals surface area contributed by atoms with E-state index in [4.69, 9.17) is 4.74 Å². The largest absolute Gasteiger partial charge is 0.367 e. The lowest BCUT2D eigenvalue weighted by Gasteiger charge is -2.30. The molecule has 0 spiro atoms. The molecule has 0 saturated carbocycles. The van der Waals surface area contributed by atoms with Crippen LogP contribution in [-0.4, -0.2) is 52.2 Å². The van der Waals surface area contributed by atoms with Gasteiger partial charge in [0.2, 0.25) is 5.91 Å².